The van der Waals surface area contributed by atoms with E-state index in [-0.39, 0.29) is 5.69 Å². The zero-order chi connectivity index (χ0) is 11.1. The number of hydrogen-bond donors (Lipinski definition) is 0. The van der Waals surface area contributed by atoms with E-state index in [1.54, 1.807) is 12.1 Å². The average Bonchev–Trinajstić information content (AvgIpc) is 2.15. The first-order valence-electron chi connectivity index (χ1n) is 4.89. The SMILES string of the molecule is [2H]C([2H])([2H])c1ncnc2ccc(Br)cc12. The van der Waals surface area contributed by atoms with Crippen LogP contribution in [0, 0.1) is 6.85 Å². The molecule has 0 spiro atoms. The molecule has 0 fully saturated rings. The van der Waals surface area contributed by atoms with E-state index in [1.165, 1.54) is 6.33 Å². The van der Waals surface area contributed by atoms with Crippen molar-refractivity contribution in [1.82, 2.24) is 9.97 Å². The molecule has 1 aromatic carbocycles. The Kier molecular flexibility index (Phi) is 1.16. The van der Waals surface area contributed by atoms with Crippen LogP contribution in [0.1, 0.15) is 9.81 Å². The fraction of sp³-hybridized carbons (Fsp3) is 0.111. The van der Waals surface area contributed by atoms with Gasteiger partial charge in [0.1, 0.15) is 6.33 Å². The van der Waals surface area contributed by atoms with Gasteiger partial charge in [-0.1, -0.05) is 15.9 Å². The quantitative estimate of drug-likeness (QED) is 0.690. The van der Waals surface area contributed by atoms with Crippen LogP contribution in [-0.2, 0) is 0 Å². The highest BCUT2D eigenvalue weighted by Gasteiger charge is 1.98. The van der Waals surface area contributed by atoms with E-state index in [1.807, 2.05) is 6.07 Å². The van der Waals surface area contributed by atoms with Crippen molar-refractivity contribution in [3.8, 4) is 0 Å². The molecule has 2 rings (SSSR count). The first-order chi connectivity index (χ1) is 6.98. The van der Waals surface area contributed by atoms with Gasteiger partial charge in [-0.3, -0.25) is 0 Å². The molecule has 0 atom stereocenters. The minimum Gasteiger partial charge on any atom is -0.241 e. The van der Waals surface area contributed by atoms with Crippen LogP contribution in [0.3, 0.4) is 0 Å². The minimum absolute atomic E-state index is 0.0915. The molecule has 0 aliphatic carbocycles. The molecule has 3 heteroatoms. The molecule has 0 aliphatic heterocycles. The predicted octanol–water partition coefficient (Wildman–Crippen LogP) is 2.70. The third kappa shape index (κ3) is 1.20. The van der Waals surface area contributed by atoms with E-state index in [9.17, 15) is 0 Å². The molecule has 0 amide bonds. The normalized spacial score (nSPS) is 15.2. The Labute approximate surface area is 83.0 Å². The van der Waals surface area contributed by atoms with Gasteiger partial charge in [0.15, 0.2) is 0 Å². The van der Waals surface area contributed by atoms with Crippen molar-refractivity contribution in [3.05, 3.63) is 34.7 Å². The van der Waals surface area contributed by atoms with Crippen LogP contribution >= 0.6 is 15.9 Å². The maximum atomic E-state index is 7.35. The highest BCUT2D eigenvalue weighted by atomic mass is 79.9. The lowest BCUT2D eigenvalue weighted by molar-refractivity contribution is 1.15. The summed E-state index contributed by atoms with van der Waals surface area (Å²) in [5.74, 6) is 0. The van der Waals surface area contributed by atoms with Gasteiger partial charge in [-0.05, 0) is 25.1 Å². The van der Waals surface area contributed by atoms with Crippen LogP contribution in [0.2, 0.25) is 0 Å². The summed E-state index contributed by atoms with van der Waals surface area (Å²) in [6.45, 7) is -2.21. The van der Waals surface area contributed by atoms with Crippen molar-refractivity contribution in [2.45, 2.75) is 6.85 Å². The third-order valence-corrected chi connectivity index (χ3v) is 2.09. The zero-order valence-corrected chi connectivity index (χ0v) is 7.67. The molecule has 0 N–H and O–H groups in total. The lowest BCUT2D eigenvalue weighted by atomic mass is 10.2. The number of halogens is 1. The maximum Gasteiger partial charge on any atom is 0.116 e. The summed E-state index contributed by atoms with van der Waals surface area (Å²) in [5.41, 5.74) is 0.730. The van der Waals surface area contributed by atoms with E-state index in [0.717, 1.165) is 4.47 Å². The largest absolute Gasteiger partial charge is 0.241 e. The van der Waals surface area contributed by atoms with Crippen LogP contribution in [0.25, 0.3) is 10.9 Å². The van der Waals surface area contributed by atoms with Crippen molar-refractivity contribution in [3.63, 3.8) is 0 Å². The Morgan fingerprint density at radius 1 is 1.42 bits per heavy atom. The molecule has 1 aromatic heterocycles. The first kappa shape index (κ1) is 4.92. The molecule has 1 heterocycles. The Morgan fingerprint density at radius 3 is 3.17 bits per heavy atom. The fourth-order valence-corrected chi connectivity index (χ4v) is 1.39. The molecular weight excluding hydrogens is 216 g/mol. The van der Waals surface area contributed by atoms with Gasteiger partial charge in [-0.15, -0.1) is 0 Å². The number of nitrogens with zero attached hydrogens (tertiary/aromatic N) is 2. The molecule has 0 unspecified atom stereocenters. The van der Waals surface area contributed by atoms with Gasteiger partial charge >= 0.3 is 0 Å². The Hall–Kier alpha value is -0.960. The van der Waals surface area contributed by atoms with Crippen LogP contribution in [0.15, 0.2) is 29.0 Å². The zero-order valence-electron chi connectivity index (χ0n) is 9.08. The summed E-state index contributed by atoms with van der Waals surface area (Å²) in [5, 5.41) is 0.562. The lowest BCUT2D eigenvalue weighted by Crippen LogP contribution is -1.86. The van der Waals surface area contributed by atoms with Gasteiger partial charge in [-0.2, -0.15) is 0 Å². The molecule has 0 aliphatic rings. The van der Waals surface area contributed by atoms with Gasteiger partial charge in [0.2, 0.25) is 0 Å². The molecule has 0 saturated carbocycles. The monoisotopic (exact) mass is 225 g/mol. The fourth-order valence-electron chi connectivity index (χ4n) is 1.03. The van der Waals surface area contributed by atoms with Crippen LogP contribution in [0.5, 0.6) is 0 Å². The summed E-state index contributed by atoms with van der Waals surface area (Å²) in [6, 6.07) is 5.30. The topological polar surface area (TPSA) is 25.8 Å². The smallest absolute Gasteiger partial charge is 0.116 e. The molecule has 2 nitrogen and oxygen atoms in total. The molecule has 0 saturated heterocycles. The predicted molar refractivity (Wildman–Crippen MR) is 52.0 cm³/mol. The number of aryl methyl sites for hydroxylation is 1. The first-order valence-corrected chi connectivity index (χ1v) is 4.18. The third-order valence-electron chi connectivity index (χ3n) is 1.60. The number of hydrogen-bond acceptors (Lipinski definition) is 2. The lowest BCUT2D eigenvalue weighted by Gasteiger charge is -1.99. The van der Waals surface area contributed by atoms with Gasteiger partial charge in [-0.25, -0.2) is 9.97 Å². The van der Waals surface area contributed by atoms with Crippen LogP contribution in [0.4, 0.5) is 0 Å². The second kappa shape index (κ2) is 2.83. The number of aromatic nitrogens is 2. The van der Waals surface area contributed by atoms with Gasteiger partial charge in [0.25, 0.3) is 0 Å². The van der Waals surface area contributed by atoms with Gasteiger partial charge < -0.3 is 0 Å². The molecule has 0 radical (unpaired) electrons. The van der Waals surface area contributed by atoms with E-state index in [2.05, 4.69) is 25.9 Å². The van der Waals surface area contributed by atoms with Gasteiger partial charge in [0.05, 0.1) is 5.52 Å². The summed E-state index contributed by atoms with van der Waals surface area (Å²) in [6.07, 6.45) is 1.28. The van der Waals surface area contributed by atoms with Crippen LogP contribution < -0.4 is 0 Å². The molecule has 12 heavy (non-hydrogen) atoms. The van der Waals surface area contributed by atoms with Crippen LogP contribution in [-0.4, -0.2) is 9.97 Å². The summed E-state index contributed by atoms with van der Waals surface area (Å²) >= 11 is 3.29. The minimum atomic E-state index is -2.21. The van der Waals surface area contributed by atoms with Crippen molar-refractivity contribution >= 4 is 26.8 Å². The van der Waals surface area contributed by atoms with E-state index >= 15 is 0 Å². The molecule has 2 aromatic rings. The standard InChI is InChI=1S/C9H7BrN2/c1-6-8-4-7(10)2-3-9(8)12-5-11-6/h2-5H,1H3/i1D3. The summed E-state index contributed by atoms with van der Waals surface area (Å²) in [7, 11) is 0. The molecule has 0 bridgehead atoms. The second-order valence-corrected chi connectivity index (χ2v) is 3.30. The molecule has 60 valence electrons. The van der Waals surface area contributed by atoms with Crippen molar-refractivity contribution in [2.75, 3.05) is 0 Å². The van der Waals surface area contributed by atoms with E-state index < -0.39 is 6.85 Å². The van der Waals surface area contributed by atoms with Crippen molar-refractivity contribution in [2.24, 2.45) is 0 Å². The van der Waals surface area contributed by atoms with Gasteiger partial charge in [0, 0.05) is 19.7 Å². The van der Waals surface area contributed by atoms with E-state index in [4.69, 9.17) is 4.11 Å². The average molecular weight is 226 g/mol. The van der Waals surface area contributed by atoms with Crippen molar-refractivity contribution in [1.29, 1.82) is 0 Å². The number of rotatable bonds is 0. The Balaban J connectivity index is 2.80. The van der Waals surface area contributed by atoms with Crippen molar-refractivity contribution < 1.29 is 4.11 Å². The summed E-state index contributed by atoms with van der Waals surface area (Å²) < 4.78 is 22.9. The summed E-state index contributed by atoms with van der Waals surface area (Å²) in [4.78, 5) is 7.84. The number of fused-ring (bicyclic) bond motifs is 1. The Morgan fingerprint density at radius 2 is 2.33 bits per heavy atom. The Bertz CT molecular complexity index is 510. The highest BCUT2D eigenvalue weighted by molar-refractivity contribution is 9.10. The second-order valence-electron chi connectivity index (χ2n) is 2.38. The van der Waals surface area contributed by atoms with E-state index in [0.29, 0.717) is 10.9 Å². The number of benzene rings is 1. The highest BCUT2D eigenvalue weighted by Crippen LogP contribution is 2.19. The molecular formula is C9H7BrN2. The maximum absolute atomic E-state index is 7.35.